The minimum atomic E-state index is -1.20. The second kappa shape index (κ2) is 4.28. The Morgan fingerprint density at radius 2 is 2.41 bits per heavy atom. The summed E-state index contributed by atoms with van der Waals surface area (Å²) in [6, 6.07) is 0. The average Bonchev–Trinajstić information content (AvgIpc) is 2.85. The van der Waals surface area contributed by atoms with Crippen LogP contribution < -0.4 is 4.74 Å². The van der Waals surface area contributed by atoms with Gasteiger partial charge in [0.2, 0.25) is 5.69 Å². The summed E-state index contributed by atoms with van der Waals surface area (Å²) in [7, 11) is 1.79. The van der Waals surface area contributed by atoms with Crippen LogP contribution in [0, 0.1) is 0 Å². The number of rotatable bonds is 4. The highest BCUT2D eigenvalue weighted by molar-refractivity contribution is 5.88. The molecule has 0 saturated heterocycles. The quantitative estimate of drug-likeness (QED) is 0.858. The van der Waals surface area contributed by atoms with E-state index in [4.69, 9.17) is 14.3 Å². The number of hydrogen-bond donors (Lipinski definition) is 1. The van der Waals surface area contributed by atoms with Crippen molar-refractivity contribution >= 4 is 5.97 Å². The number of nitrogens with zero attached hydrogens (tertiary/aromatic N) is 3. The second-order valence-corrected chi connectivity index (χ2v) is 3.32. The highest BCUT2D eigenvalue weighted by atomic mass is 16.6. The third-order valence-corrected chi connectivity index (χ3v) is 2.00. The molecule has 0 saturated carbocycles. The summed E-state index contributed by atoms with van der Waals surface area (Å²) in [6.07, 6.45) is 3.24. The highest BCUT2D eigenvalue weighted by Gasteiger charge is 2.22. The molecule has 90 valence electrons. The number of oxazole rings is 1. The van der Waals surface area contributed by atoms with Crippen molar-refractivity contribution in [3.63, 3.8) is 0 Å². The summed E-state index contributed by atoms with van der Waals surface area (Å²) in [5.74, 6) is -1.16. The lowest BCUT2D eigenvalue weighted by Gasteiger charge is -1.96. The fraction of sp³-hybridized carbons (Fsp3) is 0.300. The third-order valence-electron chi connectivity index (χ3n) is 2.00. The topological polar surface area (TPSA) is 90.4 Å². The Kier molecular flexibility index (Phi) is 2.82. The summed E-state index contributed by atoms with van der Waals surface area (Å²) < 4.78 is 12.0. The van der Waals surface area contributed by atoms with Crippen LogP contribution in [0.25, 0.3) is 11.6 Å². The van der Waals surface area contributed by atoms with Gasteiger partial charge < -0.3 is 18.8 Å². The largest absolute Gasteiger partial charge is 0.476 e. The molecule has 0 aromatic carbocycles. The van der Waals surface area contributed by atoms with Crippen molar-refractivity contribution in [3.05, 3.63) is 18.2 Å². The van der Waals surface area contributed by atoms with Crippen LogP contribution in [0.4, 0.5) is 0 Å². The molecule has 0 unspecified atom stereocenters. The van der Waals surface area contributed by atoms with Crippen molar-refractivity contribution < 1.29 is 19.1 Å². The Morgan fingerprint density at radius 1 is 1.65 bits per heavy atom. The molecule has 1 N–H and O–H groups in total. The fourth-order valence-electron chi connectivity index (χ4n) is 1.30. The van der Waals surface area contributed by atoms with Gasteiger partial charge in [0.1, 0.15) is 5.69 Å². The Morgan fingerprint density at radius 3 is 2.94 bits per heavy atom. The van der Waals surface area contributed by atoms with E-state index in [0.717, 1.165) is 0 Å². The number of ether oxygens (including phenoxy) is 1. The number of aromatic nitrogens is 3. The van der Waals surface area contributed by atoms with Crippen LogP contribution in [0.3, 0.4) is 0 Å². The number of hydrogen-bond acceptors (Lipinski definition) is 5. The van der Waals surface area contributed by atoms with E-state index in [2.05, 4.69) is 9.97 Å². The van der Waals surface area contributed by atoms with Crippen LogP contribution in [0.5, 0.6) is 5.95 Å². The van der Waals surface area contributed by atoms with Gasteiger partial charge in [0.25, 0.3) is 5.89 Å². The molecule has 0 aliphatic rings. The summed E-state index contributed by atoms with van der Waals surface area (Å²) in [4.78, 5) is 18.8. The molecule has 7 nitrogen and oxygen atoms in total. The highest BCUT2D eigenvalue weighted by Crippen LogP contribution is 2.26. The van der Waals surface area contributed by atoms with Gasteiger partial charge in [-0.2, -0.15) is 4.98 Å². The van der Waals surface area contributed by atoms with E-state index in [0.29, 0.717) is 12.3 Å². The van der Waals surface area contributed by atoms with Gasteiger partial charge in [-0.15, -0.1) is 0 Å². The summed E-state index contributed by atoms with van der Waals surface area (Å²) >= 11 is 0. The van der Waals surface area contributed by atoms with E-state index >= 15 is 0 Å². The van der Waals surface area contributed by atoms with Gasteiger partial charge >= 0.3 is 11.9 Å². The maximum absolute atomic E-state index is 10.9. The monoisotopic (exact) mass is 237 g/mol. The van der Waals surface area contributed by atoms with E-state index in [9.17, 15) is 4.79 Å². The Hall–Kier alpha value is -2.31. The molecule has 2 aromatic heterocycles. The second-order valence-electron chi connectivity index (χ2n) is 3.32. The lowest BCUT2D eigenvalue weighted by Crippen LogP contribution is -2.01. The fourth-order valence-corrected chi connectivity index (χ4v) is 1.30. The number of imidazole rings is 1. The maximum Gasteiger partial charge on any atom is 0.362 e. The minimum Gasteiger partial charge on any atom is -0.476 e. The molecule has 2 aromatic rings. The predicted octanol–water partition coefficient (Wildman–Crippen LogP) is 1.17. The lowest BCUT2D eigenvalue weighted by molar-refractivity contribution is 0.0683. The van der Waals surface area contributed by atoms with Crippen molar-refractivity contribution in [2.24, 2.45) is 7.05 Å². The van der Waals surface area contributed by atoms with E-state index in [1.807, 2.05) is 0 Å². The SMILES string of the molecule is CCOc1oc(-c2cn(C)cn2)nc1C(=O)O. The van der Waals surface area contributed by atoms with Crippen LogP contribution in [0.1, 0.15) is 17.4 Å². The summed E-state index contributed by atoms with van der Waals surface area (Å²) in [5, 5.41) is 8.93. The third kappa shape index (κ3) is 2.12. The van der Waals surface area contributed by atoms with Crippen LogP contribution in [0.2, 0.25) is 0 Å². The first-order chi connectivity index (χ1) is 8.11. The van der Waals surface area contributed by atoms with Gasteiger partial charge in [0.05, 0.1) is 12.9 Å². The van der Waals surface area contributed by atoms with E-state index in [1.54, 1.807) is 31.1 Å². The first-order valence-corrected chi connectivity index (χ1v) is 4.97. The summed E-state index contributed by atoms with van der Waals surface area (Å²) in [6.45, 7) is 2.03. The lowest BCUT2D eigenvalue weighted by atomic mass is 10.4. The van der Waals surface area contributed by atoms with Crippen LogP contribution in [0.15, 0.2) is 16.9 Å². The molecule has 0 fully saturated rings. The van der Waals surface area contributed by atoms with Crippen molar-refractivity contribution in [1.29, 1.82) is 0 Å². The predicted molar refractivity (Wildman–Crippen MR) is 56.8 cm³/mol. The Bertz CT molecular complexity index is 543. The van der Waals surface area contributed by atoms with Crippen molar-refractivity contribution in [2.45, 2.75) is 6.92 Å². The van der Waals surface area contributed by atoms with E-state index < -0.39 is 5.97 Å². The molecule has 0 bridgehead atoms. The molecule has 7 heteroatoms. The molecule has 2 rings (SSSR count). The molecular weight excluding hydrogens is 226 g/mol. The van der Waals surface area contributed by atoms with Crippen molar-refractivity contribution in [2.75, 3.05) is 6.61 Å². The standard InChI is InChI=1S/C10H11N3O4/c1-3-16-10-7(9(14)15)12-8(17-10)6-4-13(2)5-11-6/h4-5H,3H2,1-2H3,(H,14,15). The molecule has 2 heterocycles. The zero-order chi connectivity index (χ0) is 12.4. The number of aromatic carboxylic acids is 1. The maximum atomic E-state index is 10.9. The normalized spacial score (nSPS) is 10.5. The number of carbonyl (C=O) groups is 1. The van der Waals surface area contributed by atoms with Crippen LogP contribution in [-0.2, 0) is 7.05 Å². The first kappa shape index (κ1) is 11.2. The summed E-state index contributed by atoms with van der Waals surface area (Å²) in [5.41, 5.74) is 0.216. The average molecular weight is 237 g/mol. The molecular formula is C10H11N3O4. The molecule has 17 heavy (non-hydrogen) atoms. The Balaban J connectivity index is 2.43. The van der Waals surface area contributed by atoms with Gasteiger partial charge in [-0.3, -0.25) is 0 Å². The molecule has 0 atom stereocenters. The van der Waals surface area contributed by atoms with Crippen LogP contribution in [-0.4, -0.2) is 32.2 Å². The van der Waals surface area contributed by atoms with Gasteiger partial charge in [0.15, 0.2) is 0 Å². The smallest absolute Gasteiger partial charge is 0.362 e. The molecule has 0 aliphatic carbocycles. The zero-order valence-electron chi connectivity index (χ0n) is 9.38. The zero-order valence-corrected chi connectivity index (χ0v) is 9.38. The van der Waals surface area contributed by atoms with E-state index in [-0.39, 0.29) is 17.5 Å². The van der Waals surface area contributed by atoms with Gasteiger partial charge in [-0.05, 0) is 6.92 Å². The molecule has 0 radical (unpaired) electrons. The number of carboxylic acid groups (broad SMARTS) is 1. The Labute approximate surface area is 96.7 Å². The minimum absolute atomic E-state index is 0.0966. The molecule has 0 spiro atoms. The van der Waals surface area contributed by atoms with Crippen molar-refractivity contribution in [1.82, 2.24) is 14.5 Å². The first-order valence-electron chi connectivity index (χ1n) is 4.97. The molecule has 0 aliphatic heterocycles. The molecule has 0 amide bonds. The number of carboxylic acids is 1. The van der Waals surface area contributed by atoms with E-state index in [1.165, 1.54) is 0 Å². The number of aryl methyl sites for hydroxylation is 1. The van der Waals surface area contributed by atoms with Gasteiger partial charge in [-0.1, -0.05) is 0 Å². The van der Waals surface area contributed by atoms with Gasteiger partial charge in [0, 0.05) is 13.2 Å². The van der Waals surface area contributed by atoms with Crippen LogP contribution >= 0.6 is 0 Å². The van der Waals surface area contributed by atoms with Crippen molar-refractivity contribution in [3.8, 4) is 17.5 Å². The van der Waals surface area contributed by atoms with Gasteiger partial charge in [-0.25, -0.2) is 9.78 Å².